The minimum absolute atomic E-state index is 0.00672. The lowest BCUT2D eigenvalue weighted by atomic mass is 9.61. The van der Waals surface area contributed by atoms with Gasteiger partial charge in [-0.25, -0.2) is 8.78 Å². The zero-order chi connectivity index (χ0) is 28.4. The molecule has 2 heterocycles. The molecule has 6 nitrogen and oxygen atoms in total. The van der Waals surface area contributed by atoms with E-state index >= 15 is 8.78 Å². The number of nitrogens with one attached hydrogen (secondary N) is 1. The Morgan fingerprint density at radius 1 is 1.28 bits per heavy atom. The van der Waals surface area contributed by atoms with Crippen molar-refractivity contribution in [1.82, 2.24) is 5.32 Å². The maximum atomic E-state index is 15.7. The molecule has 0 amide bonds. The van der Waals surface area contributed by atoms with Gasteiger partial charge >= 0.3 is 0 Å². The van der Waals surface area contributed by atoms with E-state index in [0.29, 0.717) is 19.6 Å². The van der Waals surface area contributed by atoms with Crippen LogP contribution in [0.3, 0.4) is 0 Å². The van der Waals surface area contributed by atoms with Crippen molar-refractivity contribution in [2.24, 2.45) is 5.41 Å². The monoisotopic (exact) mass is 580 g/mol. The van der Waals surface area contributed by atoms with Gasteiger partial charge in [0.25, 0.3) is 0 Å². The number of rotatable bonds is 11. The van der Waals surface area contributed by atoms with Crippen molar-refractivity contribution >= 4 is 29.0 Å². The van der Waals surface area contributed by atoms with Gasteiger partial charge in [0.05, 0.1) is 43.1 Å². The number of hydrogen-bond acceptors (Lipinski definition) is 6. The topological polar surface area (TPSA) is 103 Å². The summed E-state index contributed by atoms with van der Waals surface area (Å²) in [5, 5.41) is 33.1. The van der Waals surface area contributed by atoms with Gasteiger partial charge in [-0.1, -0.05) is 48.3 Å². The average Bonchev–Trinajstić information content (AvgIpc) is 3.21. The Morgan fingerprint density at radius 2 is 2.03 bits per heavy atom. The first kappa shape index (κ1) is 29.9. The van der Waals surface area contributed by atoms with E-state index in [0.717, 1.165) is 12.5 Å². The van der Waals surface area contributed by atoms with Gasteiger partial charge in [-0.05, 0) is 49.4 Å². The minimum Gasteiger partial charge on any atom is -0.394 e. The lowest BCUT2D eigenvalue weighted by molar-refractivity contribution is -0.125. The molecule has 10 heteroatoms. The number of benzene rings is 2. The molecule has 2 fully saturated rings. The molecule has 2 aromatic carbocycles. The number of aliphatic hydroxyl groups is 2. The number of hydrogen-bond donors (Lipinski definition) is 3. The van der Waals surface area contributed by atoms with Gasteiger partial charge in [-0.2, -0.15) is 5.26 Å². The van der Waals surface area contributed by atoms with Gasteiger partial charge in [0.15, 0.2) is 0 Å². The highest BCUT2D eigenvalue weighted by Gasteiger charge is 2.62. The zero-order valence-corrected chi connectivity index (χ0v) is 23.1. The standard InChI is InChI=1S/C29H32Cl2F2N2O4/c1-2-28(15-39-16-28)12-24-29(14-34,20-10-9-17(30)11-22(20)32)25(19-6-4-7-21(31)26(19)33)27(35-24)23(38)8-3-5-18(37)13-36/h4,6-7,9-11,18,24-25,27,35-37H,2-3,5,8,12-13,15-16H2,1H3/t18-,24-,25-,27-,29-/m0/s1. The van der Waals surface area contributed by atoms with E-state index in [2.05, 4.69) is 11.4 Å². The second-order valence-corrected chi connectivity index (χ2v) is 11.5. The van der Waals surface area contributed by atoms with Crippen molar-refractivity contribution in [2.75, 3.05) is 19.8 Å². The van der Waals surface area contributed by atoms with E-state index in [4.69, 9.17) is 33.0 Å². The van der Waals surface area contributed by atoms with Crippen molar-refractivity contribution in [3.8, 4) is 6.07 Å². The molecule has 39 heavy (non-hydrogen) atoms. The van der Waals surface area contributed by atoms with Gasteiger partial charge in [0, 0.05) is 34.4 Å². The minimum atomic E-state index is -1.69. The molecule has 3 N–H and O–H groups in total. The Hall–Kier alpha value is -2.12. The van der Waals surface area contributed by atoms with E-state index in [1.807, 2.05) is 6.92 Å². The van der Waals surface area contributed by atoms with E-state index < -0.39 is 47.8 Å². The summed E-state index contributed by atoms with van der Waals surface area (Å²) in [6.07, 6.45) is 0.643. The quantitative estimate of drug-likeness (QED) is 0.343. The molecular weight excluding hydrogens is 549 g/mol. The molecular formula is C29H32Cl2F2N2O4. The van der Waals surface area contributed by atoms with Gasteiger partial charge in [-0.15, -0.1) is 0 Å². The van der Waals surface area contributed by atoms with Gasteiger partial charge in [0.2, 0.25) is 0 Å². The van der Waals surface area contributed by atoms with Crippen LogP contribution in [0.15, 0.2) is 36.4 Å². The molecule has 0 saturated carbocycles. The largest absolute Gasteiger partial charge is 0.394 e. The number of ketones is 1. The fraction of sp³-hybridized carbons (Fsp3) is 0.517. The van der Waals surface area contributed by atoms with Crippen LogP contribution >= 0.6 is 23.2 Å². The van der Waals surface area contributed by atoms with Crippen molar-refractivity contribution in [1.29, 1.82) is 5.26 Å². The Morgan fingerprint density at radius 3 is 2.62 bits per heavy atom. The van der Waals surface area contributed by atoms with Crippen LogP contribution in [0.1, 0.15) is 56.1 Å². The molecule has 2 aliphatic heterocycles. The number of nitrogens with zero attached hydrogens (tertiary/aromatic N) is 1. The van der Waals surface area contributed by atoms with Gasteiger partial charge in [0.1, 0.15) is 22.8 Å². The number of Topliss-reactive ketones (excluding diaryl/α,β-unsaturated/α-hetero) is 1. The molecule has 0 aromatic heterocycles. The van der Waals surface area contributed by atoms with Crippen molar-refractivity contribution in [3.05, 3.63) is 69.2 Å². The molecule has 2 aliphatic rings. The lowest BCUT2D eigenvalue weighted by Crippen LogP contribution is -2.51. The third kappa shape index (κ3) is 5.58. The number of carbonyl (C=O) groups is 1. The molecule has 210 valence electrons. The van der Waals surface area contributed by atoms with Crippen molar-refractivity contribution in [3.63, 3.8) is 0 Å². The fourth-order valence-electron chi connectivity index (χ4n) is 6.04. The molecule has 0 radical (unpaired) electrons. The smallest absolute Gasteiger partial charge is 0.150 e. The summed E-state index contributed by atoms with van der Waals surface area (Å²) in [5.74, 6) is -2.92. The SMILES string of the molecule is CCC1(C[C@@H]2N[C@@H](C(=O)CCC[C@H](O)CO)[C@H](c3cccc(Cl)c3F)[C@@]2(C#N)c2ccc(Cl)cc2F)COC1. The Kier molecular flexibility index (Phi) is 9.32. The van der Waals surface area contributed by atoms with Crippen LogP contribution in [0.5, 0.6) is 0 Å². The number of carbonyl (C=O) groups excluding carboxylic acids is 1. The van der Waals surface area contributed by atoms with Gasteiger partial charge < -0.3 is 20.3 Å². The highest BCUT2D eigenvalue weighted by molar-refractivity contribution is 6.31. The number of aliphatic hydroxyl groups excluding tert-OH is 2. The molecule has 0 unspecified atom stereocenters. The number of ether oxygens (including phenoxy) is 1. The fourth-order valence-corrected chi connectivity index (χ4v) is 6.39. The molecule has 0 spiro atoms. The maximum Gasteiger partial charge on any atom is 0.150 e. The summed E-state index contributed by atoms with van der Waals surface area (Å²) in [4.78, 5) is 13.7. The van der Waals surface area contributed by atoms with Crippen molar-refractivity contribution in [2.45, 2.75) is 68.5 Å². The van der Waals surface area contributed by atoms with Crippen LogP contribution in [-0.2, 0) is 14.9 Å². The molecule has 0 bridgehead atoms. The molecule has 2 aromatic rings. The summed E-state index contributed by atoms with van der Waals surface area (Å²) in [7, 11) is 0. The third-order valence-electron chi connectivity index (χ3n) is 8.35. The predicted octanol–water partition coefficient (Wildman–Crippen LogP) is 5.07. The summed E-state index contributed by atoms with van der Waals surface area (Å²) >= 11 is 12.2. The molecule has 0 aliphatic carbocycles. The maximum absolute atomic E-state index is 15.7. The van der Waals surface area contributed by atoms with Crippen LogP contribution in [0.4, 0.5) is 8.78 Å². The first-order valence-electron chi connectivity index (χ1n) is 13.1. The van der Waals surface area contributed by atoms with Crippen LogP contribution in [0.25, 0.3) is 0 Å². The molecule has 2 saturated heterocycles. The van der Waals surface area contributed by atoms with E-state index in [1.54, 1.807) is 6.07 Å². The zero-order valence-electron chi connectivity index (χ0n) is 21.6. The first-order chi connectivity index (χ1) is 18.6. The summed E-state index contributed by atoms with van der Waals surface area (Å²) < 4.78 is 36.9. The lowest BCUT2D eigenvalue weighted by Gasteiger charge is -2.45. The van der Waals surface area contributed by atoms with Crippen LogP contribution in [0, 0.1) is 28.4 Å². The normalized spacial score (nSPS) is 26.6. The van der Waals surface area contributed by atoms with Crippen LogP contribution in [0.2, 0.25) is 10.0 Å². The Labute approximate surface area is 236 Å². The Balaban J connectivity index is 1.89. The van der Waals surface area contributed by atoms with Crippen molar-refractivity contribution < 1.29 is 28.5 Å². The predicted molar refractivity (Wildman–Crippen MR) is 144 cm³/mol. The number of halogens is 4. The second-order valence-electron chi connectivity index (χ2n) is 10.7. The van der Waals surface area contributed by atoms with Crippen LogP contribution < -0.4 is 5.32 Å². The summed E-state index contributed by atoms with van der Waals surface area (Å²) in [6, 6.07) is 9.00. The van der Waals surface area contributed by atoms with Gasteiger partial charge in [-0.3, -0.25) is 4.79 Å². The van der Waals surface area contributed by atoms with E-state index in [1.165, 1.54) is 24.3 Å². The first-order valence-corrected chi connectivity index (χ1v) is 13.8. The highest BCUT2D eigenvalue weighted by atomic mass is 35.5. The summed E-state index contributed by atoms with van der Waals surface area (Å²) in [5.41, 5.74) is -1.92. The number of nitriles is 1. The highest BCUT2D eigenvalue weighted by Crippen LogP contribution is 2.54. The van der Waals surface area contributed by atoms with E-state index in [9.17, 15) is 15.2 Å². The average molecular weight is 581 g/mol. The summed E-state index contributed by atoms with van der Waals surface area (Å²) in [6.45, 7) is 2.50. The Bertz CT molecular complexity index is 1250. The third-order valence-corrected chi connectivity index (χ3v) is 8.88. The van der Waals surface area contributed by atoms with E-state index in [-0.39, 0.29) is 51.6 Å². The van der Waals surface area contributed by atoms with Crippen LogP contribution in [-0.4, -0.2) is 54.0 Å². The second kappa shape index (κ2) is 12.2. The molecule has 5 atom stereocenters. The molecule has 4 rings (SSSR count).